The van der Waals surface area contributed by atoms with Crippen molar-refractivity contribution in [3.8, 4) is 0 Å². The van der Waals surface area contributed by atoms with E-state index < -0.39 is 5.92 Å². The largest absolute Gasteiger partial charge is 0.326 e. The number of thioether (sulfide) groups is 1. The molecule has 1 fully saturated rings. The second-order valence-corrected chi connectivity index (χ2v) is 10.6. The molecule has 34 heavy (non-hydrogen) atoms. The molecule has 1 aliphatic rings. The predicted octanol–water partition coefficient (Wildman–Crippen LogP) is 4.67. The summed E-state index contributed by atoms with van der Waals surface area (Å²) in [6.45, 7) is 4.57. The highest BCUT2D eigenvalue weighted by Gasteiger charge is 2.35. The molecule has 1 aliphatic heterocycles. The van der Waals surface area contributed by atoms with E-state index in [0.29, 0.717) is 28.2 Å². The molecule has 0 radical (unpaired) electrons. The van der Waals surface area contributed by atoms with Gasteiger partial charge in [0.05, 0.1) is 5.92 Å². The van der Waals surface area contributed by atoms with Crippen molar-refractivity contribution in [1.29, 1.82) is 0 Å². The summed E-state index contributed by atoms with van der Waals surface area (Å²) in [4.78, 5) is 39.3. The van der Waals surface area contributed by atoms with Gasteiger partial charge in [0.15, 0.2) is 4.34 Å². The van der Waals surface area contributed by atoms with Crippen LogP contribution in [0.25, 0.3) is 0 Å². The molecule has 3 amide bonds. The fourth-order valence-corrected chi connectivity index (χ4v) is 5.42. The summed E-state index contributed by atoms with van der Waals surface area (Å²) in [6.07, 6.45) is 1.19. The van der Waals surface area contributed by atoms with Crippen LogP contribution in [0.1, 0.15) is 37.0 Å². The van der Waals surface area contributed by atoms with Gasteiger partial charge in [-0.3, -0.25) is 19.7 Å². The molecule has 2 aromatic carbocycles. The lowest BCUT2D eigenvalue weighted by molar-refractivity contribution is -0.122. The lowest BCUT2D eigenvalue weighted by atomic mass is 10.1. The van der Waals surface area contributed by atoms with E-state index in [4.69, 9.17) is 0 Å². The maximum atomic E-state index is 12.7. The third-order valence-corrected chi connectivity index (χ3v) is 7.67. The van der Waals surface area contributed by atoms with Crippen LogP contribution in [0.2, 0.25) is 0 Å². The van der Waals surface area contributed by atoms with Crippen LogP contribution in [0, 0.1) is 5.92 Å². The standard InChI is InChI=1S/C24H25N5O3S2/c1-3-15(2)33-24-28-27-23(34-24)26-21(31)16-9-11-18(12-10-16)25-22(32)17-13-20(30)29(14-17)19-7-5-4-6-8-19/h4-12,15,17H,3,13-14H2,1-2H3,(H,25,32)(H,26,27,31). The van der Waals surface area contributed by atoms with Gasteiger partial charge in [-0.05, 0) is 42.8 Å². The Bertz CT molecular complexity index is 1170. The number of amides is 3. The van der Waals surface area contributed by atoms with Crippen molar-refractivity contribution in [2.45, 2.75) is 36.3 Å². The van der Waals surface area contributed by atoms with Crippen LogP contribution in [0.4, 0.5) is 16.5 Å². The van der Waals surface area contributed by atoms with Crippen molar-refractivity contribution in [3.05, 3.63) is 60.2 Å². The van der Waals surface area contributed by atoms with Gasteiger partial charge in [-0.15, -0.1) is 10.2 Å². The van der Waals surface area contributed by atoms with Gasteiger partial charge in [-0.1, -0.05) is 55.1 Å². The highest BCUT2D eigenvalue weighted by molar-refractivity contribution is 8.01. The Hall–Kier alpha value is -3.24. The number of anilines is 3. The van der Waals surface area contributed by atoms with Crippen LogP contribution in [-0.4, -0.2) is 39.7 Å². The summed E-state index contributed by atoms with van der Waals surface area (Å²) in [7, 11) is 0. The molecule has 8 nitrogen and oxygen atoms in total. The lowest BCUT2D eigenvalue weighted by Crippen LogP contribution is -2.28. The topological polar surface area (TPSA) is 104 Å². The van der Waals surface area contributed by atoms with E-state index in [2.05, 4.69) is 34.7 Å². The predicted molar refractivity (Wildman–Crippen MR) is 135 cm³/mol. The molecule has 1 aromatic heterocycles. The smallest absolute Gasteiger partial charge is 0.257 e. The minimum Gasteiger partial charge on any atom is -0.326 e. The molecular weight excluding hydrogens is 470 g/mol. The molecule has 10 heteroatoms. The molecule has 2 heterocycles. The normalized spacial score (nSPS) is 16.4. The molecule has 0 spiro atoms. The quantitative estimate of drug-likeness (QED) is 0.348. The van der Waals surface area contributed by atoms with Gasteiger partial charge in [-0.25, -0.2) is 0 Å². The number of nitrogens with zero attached hydrogens (tertiary/aromatic N) is 3. The molecule has 1 saturated heterocycles. The summed E-state index contributed by atoms with van der Waals surface area (Å²) >= 11 is 2.98. The number of hydrogen-bond acceptors (Lipinski definition) is 7. The first-order chi connectivity index (χ1) is 16.4. The van der Waals surface area contributed by atoms with Crippen molar-refractivity contribution >= 4 is 57.3 Å². The first kappa shape index (κ1) is 23.9. The summed E-state index contributed by atoms with van der Waals surface area (Å²) < 4.78 is 0.818. The lowest BCUT2D eigenvalue weighted by Gasteiger charge is -2.16. The Morgan fingerprint density at radius 3 is 2.56 bits per heavy atom. The Balaban J connectivity index is 1.32. The molecule has 4 rings (SSSR count). The van der Waals surface area contributed by atoms with E-state index in [1.54, 1.807) is 40.9 Å². The number of carbonyl (C=O) groups excluding carboxylic acids is 3. The number of aromatic nitrogens is 2. The highest BCUT2D eigenvalue weighted by Crippen LogP contribution is 2.30. The number of rotatable bonds is 8. The molecule has 0 bridgehead atoms. The second kappa shape index (κ2) is 10.8. The van der Waals surface area contributed by atoms with Crippen molar-refractivity contribution in [1.82, 2.24) is 10.2 Å². The van der Waals surface area contributed by atoms with Crippen molar-refractivity contribution in [2.75, 3.05) is 22.1 Å². The Morgan fingerprint density at radius 1 is 1.12 bits per heavy atom. The van der Waals surface area contributed by atoms with Gasteiger partial charge in [0, 0.05) is 35.2 Å². The van der Waals surface area contributed by atoms with Crippen LogP contribution < -0.4 is 15.5 Å². The van der Waals surface area contributed by atoms with Gasteiger partial charge >= 0.3 is 0 Å². The third-order valence-electron chi connectivity index (χ3n) is 5.48. The average molecular weight is 496 g/mol. The van der Waals surface area contributed by atoms with Crippen molar-refractivity contribution in [3.63, 3.8) is 0 Å². The van der Waals surface area contributed by atoms with E-state index in [9.17, 15) is 14.4 Å². The number of hydrogen-bond donors (Lipinski definition) is 2. The zero-order chi connectivity index (χ0) is 24.1. The van der Waals surface area contributed by atoms with Gasteiger partial charge in [0.1, 0.15) is 0 Å². The first-order valence-corrected chi connectivity index (χ1v) is 12.7. The summed E-state index contributed by atoms with van der Waals surface area (Å²) in [5, 5.41) is 14.6. The van der Waals surface area contributed by atoms with E-state index in [1.165, 1.54) is 11.3 Å². The second-order valence-electron chi connectivity index (χ2n) is 7.97. The average Bonchev–Trinajstić information content (AvgIpc) is 3.46. The van der Waals surface area contributed by atoms with E-state index >= 15 is 0 Å². The molecule has 2 unspecified atom stereocenters. The minimum absolute atomic E-state index is 0.0687. The molecule has 3 aromatic rings. The van der Waals surface area contributed by atoms with Crippen LogP contribution >= 0.6 is 23.1 Å². The number of carbonyl (C=O) groups is 3. The Labute approximate surface area is 206 Å². The third kappa shape index (κ3) is 5.81. The van der Waals surface area contributed by atoms with Crippen LogP contribution in [0.5, 0.6) is 0 Å². The van der Waals surface area contributed by atoms with Gasteiger partial charge in [0.2, 0.25) is 16.9 Å². The number of para-hydroxylation sites is 1. The maximum absolute atomic E-state index is 12.7. The number of nitrogens with one attached hydrogen (secondary N) is 2. The minimum atomic E-state index is -0.435. The van der Waals surface area contributed by atoms with E-state index in [-0.39, 0.29) is 24.1 Å². The van der Waals surface area contributed by atoms with Gasteiger partial charge in [0.25, 0.3) is 5.91 Å². The monoisotopic (exact) mass is 495 g/mol. The fourth-order valence-electron chi connectivity index (χ4n) is 3.42. The number of benzene rings is 2. The summed E-state index contributed by atoms with van der Waals surface area (Å²) in [5.74, 6) is -1.02. The molecular formula is C24H25N5O3S2. The summed E-state index contributed by atoms with van der Waals surface area (Å²) in [6, 6.07) is 15.9. The van der Waals surface area contributed by atoms with E-state index in [1.807, 2.05) is 30.3 Å². The zero-order valence-electron chi connectivity index (χ0n) is 18.9. The highest BCUT2D eigenvalue weighted by atomic mass is 32.2. The molecule has 0 saturated carbocycles. The zero-order valence-corrected chi connectivity index (χ0v) is 20.5. The maximum Gasteiger partial charge on any atom is 0.257 e. The van der Waals surface area contributed by atoms with Crippen molar-refractivity contribution in [2.24, 2.45) is 5.92 Å². The molecule has 0 aliphatic carbocycles. The first-order valence-electron chi connectivity index (χ1n) is 11.0. The molecule has 2 atom stereocenters. The van der Waals surface area contributed by atoms with Crippen molar-refractivity contribution < 1.29 is 14.4 Å². The van der Waals surface area contributed by atoms with Crippen LogP contribution in [0.15, 0.2) is 58.9 Å². The van der Waals surface area contributed by atoms with Gasteiger partial charge in [-0.2, -0.15) is 0 Å². The summed E-state index contributed by atoms with van der Waals surface area (Å²) in [5.41, 5.74) is 1.80. The molecule has 2 N–H and O–H groups in total. The van der Waals surface area contributed by atoms with Crippen LogP contribution in [0.3, 0.4) is 0 Å². The Morgan fingerprint density at radius 2 is 1.85 bits per heavy atom. The fraction of sp³-hybridized carbons (Fsp3) is 0.292. The SMILES string of the molecule is CCC(C)Sc1nnc(NC(=O)c2ccc(NC(=O)C3CC(=O)N(c4ccccc4)C3)cc2)s1. The van der Waals surface area contributed by atoms with Crippen LogP contribution in [-0.2, 0) is 9.59 Å². The Kier molecular flexibility index (Phi) is 7.59. The van der Waals surface area contributed by atoms with E-state index in [0.717, 1.165) is 16.4 Å². The van der Waals surface area contributed by atoms with Gasteiger partial charge < -0.3 is 10.2 Å². The molecule has 176 valence electrons.